The van der Waals surface area contributed by atoms with Gasteiger partial charge in [0, 0.05) is 134 Å². The second-order valence-electron chi connectivity index (χ2n) is 29.5. The van der Waals surface area contributed by atoms with Crippen LogP contribution in [0.3, 0.4) is 0 Å². The predicted molar refractivity (Wildman–Crippen MR) is 501 cm³/mol. The average molecular weight is 1550 g/mol. The van der Waals surface area contributed by atoms with Crippen LogP contribution in [0, 0.1) is 0 Å². The average Bonchev–Trinajstić information content (AvgIpc) is 1.17. The highest BCUT2D eigenvalue weighted by molar-refractivity contribution is 8.01. The van der Waals surface area contributed by atoms with E-state index < -0.39 is 0 Å². The summed E-state index contributed by atoms with van der Waals surface area (Å²) >= 11 is 9.26. The molecule has 540 valence electrons. The van der Waals surface area contributed by atoms with Crippen molar-refractivity contribution >= 4 is 277 Å². The van der Waals surface area contributed by atoms with E-state index in [1.807, 2.05) is 22.7 Å². The van der Waals surface area contributed by atoms with Crippen LogP contribution in [0.25, 0.3) is 20.2 Å². The maximum atomic E-state index is 4.33. The maximum Gasteiger partial charge on any atom is 0.264 e. The maximum absolute atomic E-state index is 4.33. The molecule has 9 nitrogen and oxygen atoms in total. The number of thiophene rings is 2. The third kappa shape index (κ3) is 10.2. The molecule has 0 bridgehead atoms. The Hall–Kier alpha value is -12.3. The first kappa shape index (κ1) is 67.4. The van der Waals surface area contributed by atoms with Crippen molar-refractivity contribution in [1.29, 1.82) is 0 Å². The van der Waals surface area contributed by atoms with Gasteiger partial charge >= 0.3 is 0 Å². The first-order valence-corrected chi connectivity index (χ1v) is 43.8. The van der Waals surface area contributed by atoms with E-state index >= 15 is 0 Å². The fourth-order valence-corrected chi connectivity index (χ4v) is 23.8. The summed E-state index contributed by atoms with van der Waals surface area (Å²) in [5.41, 5.74) is 34.8. The lowest BCUT2D eigenvalue weighted by atomic mass is 9.30. The number of benzene rings is 15. The van der Waals surface area contributed by atoms with E-state index in [4.69, 9.17) is 0 Å². The molecule has 15 aromatic carbocycles. The fraction of sp³-hybridized carbons (Fsp3) is 0.0309. The number of rotatable bonds is 14. The Morgan fingerprint density at radius 1 is 0.263 bits per heavy atom. The van der Waals surface area contributed by atoms with Crippen LogP contribution in [0.1, 0.15) is 0 Å². The molecule has 0 spiro atoms. The summed E-state index contributed by atoms with van der Waals surface area (Å²) in [6.45, 7) is -0.542. The van der Waals surface area contributed by atoms with Gasteiger partial charge in [-0.15, -0.1) is 22.7 Å². The highest BCUT2D eigenvalue weighted by atomic mass is 32.2. The summed E-state index contributed by atoms with van der Waals surface area (Å²) in [7, 11) is 0. The summed E-state index contributed by atoms with van der Waals surface area (Å²) in [6, 6.07) is 131. The monoisotopic (exact) mass is 1550 g/mol. The molecule has 0 atom stereocenters. The van der Waals surface area contributed by atoms with Crippen LogP contribution in [0.5, 0.6) is 0 Å². The highest BCUT2D eigenvalue weighted by Crippen LogP contribution is 2.55. The Labute approximate surface area is 685 Å². The van der Waals surface area contributed by atoms with Crippen molar-refractivity contribution in [2.24, 2.45) is 0 Å². The Balaban J connectivity index is 0.804. The van der Waals surface area contributed by atoms with E-state index in [1.165, 1.54) is 96.4 Å². The number of nitrogens with one attached hydrogen (secondary N) is 1. The van der Waals surface area contributed by atoms with Crippen LogP contribution in [-0.4, -0.2) is 38.9 Å². The van der Waals surface area contributed by atoms with Crippen LogP contribution in [0.2, 0.25) is 0 Å². The van der Waals surface area contributed by atoms with Crippen LogP contribution in [0.4, 0.5) is 131 Å². The van der Waals surface area contributed by atoms with Gasteiger partial charge < -0.3 is 29.8 Å². The molecule has 0 saturated carbocycles. The SMILES string of the molecule is CSN1c2cc3c(cc2B2c4cc5c(cc4N(SC)c4cc(N(c6ccccc6)c6ccccc6)cc1c42)N(SC)c1cc(N(c2ccccc2)c2ccccc2)cc2c1B5c1sc4ccccc4c1N2c1ccccc1)B1c2sc4ccccc4c2N(c2ccccc2)c2cc(N(c4ccccc4)c4ccccc4)cc(c21)N3. The molecule has 0 radical (unpaired) electrons. The van der Waals surface area contributed by atoms with E-state index in [0.29, 0.717) is 0 Å². The molecule has 2 aromatic heterocycles. The standard InChI is InChI=1S/C97H68B3N9S5/c1-110-107-81-60-79-75(99-91-80(101-79)52-70(102(62-32-12-4-13-33-62)63-34-14-5-15-35-63)53-84(91)105(68-44-24-10-25-45-68)94-73-48-28-30-50-89(73)113-96(94)99)58-76(81)98-77-59-78-83(61-82(77)108(111-2)88-57-72(56-87(107)93(88)98)104(66-40-20-8-21-41-66)67-42-22-9-23-43-67)109(112-3)86-55-71(103(64-36-16-6-17-37-64)65-38-18-7-19-39-65)54-85-92(86)100(78)97-95(74-49-29-31-51-90(74)114-97)106(85)69-46-26-11-27-47-69/h4-61,101H,1-3H3. The van der Waals surface area contributed by atoms with Crippen molar-refractivity contribution in [3.8, 4) is 0 Å². The van der Waals surface area contributed by atoms with E-state index in [2.05, 4.69) is 413 Å². The van der Waals surface area contributed by atoms with Crippen LogP contribution >= 0.6 is 58.5 Å². The molecule has 0 saturated heterocycles. The summed E-state index contributed by atoms with van der Waals surface area (Å²) in [5.74, 6) is 0. The molecular weight excluding hydrogens is 1480 g/mol. The minimum Gasteiger partial charge on any atom is -0.356 e. The molecule has 1 N–H and O–H groups in total. The van der Waals surface area contributed by atoms with Gasteiger partial charge in [0.2, 0.25) is 0 Å². The molecule has 8 heterocycles. The number of hydrogen-bond acceptors (Lipinski definition) is 14. The lowest BCUT2D eigenvalue weighted by molar-refractivity contribution is 1.25. The zero-order chi connectivity index (χ0) is 75.4. The summed E-state index contributed by atoms with van der Waals surface area (Å²) in [4.78, 5) is 12.5. The Bertz CT molecular complexity index is 6570. The molecule has 0 amide bonds. The van der Waals surface area contributed by atoms with E-state index in [-0.39, 0.29) is 20.1 Å². The van der Waals surface area contributed by atoms with Gasteiger partial charge in [-0.2, -0.15) is 0 Å². The summed E-state index contributed by atoms with van der Waals surface area (Å²) in [5, 5.41) is 6.82. The molecule has 0 aliphatic carbocycles. The number of para-hydroxylation sites is 8. The van der Waals surface area contributed by atoms with Gasteiger partial charge in [0.05, 0.1) is 45.5 Å². The van der Waals surface area contributed by atoms with Gasteiger partial charge in [0.15, 0.2) is 0 Å². The molecule has 23 rings (SSSR count). The van der Waals surface area contributed by atoms with E-state index in [1.54, 1.807) is 35.8 Å². The number of hydrogen-bond donors (Lipinski definition) is 1. The van der Waals surface area contributed by atoms with Crippen molar-refractivity contribution in [2.45, 2.75) is 0 Å². The zero-order valence-corrected chi connectivity index (χ0v) is 66.4. The van der Waals surface area contributed by atoms with E-state index in [9.17, 15) is 0 Å². The van der Waals surface area contributed by atoms with Gasteiger partial charge in [-0.05, 0) is 232 Å². The first-order valence-electron chi connectivity index (χ1n) is 38.6. The van der Waals surface area contributed by atoms with Gasteiger partial charge in [-0.25, -0.2) is 0 Å². The molecule has 114 heavy (non-hydrogen) atoms. The summed E-state index contributed by atoms with van der Waals surface area (Å²) in [6.07, 6.45) is 6.81. The minimum atomic E-state index is -0.235. The van der Waals surface area contributed by atoms with Crippen LogP contribution in [-0.2, 0) is 0 Å². The quantitative estimate of drug-likeness (QED) is 0.0833. The largest absolute Gasteiger partial charge is 0.356 e. The number of anilines is 23. The van der Waals surface area contributed by atoms with Crippen molar-refractivity contribution in [2.75, 3.05) is 61.5 Å². The Morgan fingerprint density at radius 3 is 0.965 bits per heavy atom. The predicted octanol–water partition coefficient (Wildman–Crippen LogP) is 21.9. The molecule has 17 aromatic rings. The minimum absolute atomic E-state index is 0.152. The van der Waals surface area contributed by atoms with Crippen molar-refractivity contribution < 1.29 is 0 Å². The van der Waals surface area contributed by atoms with Gasteiger partial charge in [-0.3, -0.25) is 12.9 Å². The molecule has 6 aliphatic rings. The lowest BCUT2D eigenvalue weighted by Gasteiger charge is -2.46. The van der Waals surface area contributed by atoms with Crippen LogP contribution in [0.15, 0.2) is 352 Å². The smallest absolute Gasteiger partial charge is 0.264 e. The third-order valence-corrected chi connectivity index (χ3v) is 28.3. The van der Waals surface area contributed by atoms with Gasteiger partial charge in [0.1, 0.15) is 0 Å². The number of nitrogens with zero attached hydrogens (tertiary/aromatic N) is 8. The molecule has 0 unspecified atom stereocenters. The normalized spacial score (nSPS) is 13.4. The van der Waals surface area contributed by atoms with Crippen molar-refractivity contribution in [3.05, 3.63) is 352 Å². The zero-order valence-electron chi connectivity index (χ0n) is 62.3. The topological polar surface area (TPSA) is 38.0 Å². The lowest BCUT2D eigenvalue weighted by Crippen LogP contribution is -2.66. The second-order valence-corrected chi connectivity index (χ2v) is 33.9. The molecule has 6 aliphatic heterocycles. The highest BCUT2D eigenvalue weighted by Gasteiger charge is 2.52. The molecular formula is C97H68B3N9S5. The Morgan fingerprint density at radius 2 is 0.570 bits per heavy atom. The van der Waals surface area contributed by atoms with Crippen LogP contribution < -0.4 is 90.5 Å². The second kappa shape index (κ2) is 26.9. The van der Waals surface area contributed by atoms with Crippen molar-refractivity contribution in [1.82, 2.24) is 0 Å². The van der Waals surface area contributed by atoms with E-state index in [0.717, 1.165) is 102 Å². The third-order valence-electron chi connectivity index (χ3n) is 23.5. The number of fused-ring (bicyclic) bond motifs is 16. The van der Waals surface area contributed by atoms with Crippen molar-refractivity contribution in [3.63, 3.8) is 0 Å². The summed E-state index contributed by atoms with van der Waals surface area (Å²) < 4.78 is 12.9. The fourth-order valence-electron chi connectivity index (χ4n) is 19.1. The molecule has 17 heteroatoms. The van der Waals surface area contributed by atoms with Gasteiger partial charge in [0.25, 0.3) is 20.1 Å². The molecule has 0 fully saturated rings. The first-order chi connectivity index (χ1) is 56.5. The Kier molecular flexibility index (Phi) is 15.9. The van der Waals surface area contributed by atoms with Gasteiger partial charge in [-0.1, -0.05) is 194 Å².